The molecule has 0 unspecified atom stereocenters. The molecule has 0 spiro atoms. The Balaban J connectivity index is 2.30. The molecule has 28 heavy (non-hydrogen) atoms. The molecule has 1 aromatic heterocycles. The number of ether oxygens (including phenoxy) is 2. The number of benzene rings is 1. The number of carbonyl (C=O) groups excluding carboxylic acids is 1. The lowest BCUT2D eigenvalue weighted by molar-refractivity contribution is -0.133. The lowest BCUT2D eigenvalue weighted by atomic mass is 10.00. The summed E-state index contributed by atoms with van der Waals surface area (Å²) < 4.78 is 10.9. The van der Waals surface area contributed by atoms with Gasteiger partial charge in [0.1, 0.15) is 13.7 Å². The molecule has 0 bridgehead atoms. The second-order valence-corrected chi connectivity index (χ2v) is 6.24. The average molecular weight is 382 g/mol. The van der Waals surface area contributed by atoms with Crippen molar-refractivity contribution in [1.82, 2.24) is 4.98 Å². The number of aromatic nitrogens is 1. The minimum absolute atomic E-state index is 0.280. The molecule has 1 aromatic carbocycles. The molecular weight excluding hydrogens is 356 g/mol. The van der Waals surface area contributed by atoms with Gasteiger partial charge in [-0.25, -0.2) is 9.78 Å². The van der Waals surface area contributed by atoms with Gasteiger partial charge in [0.05, 0.1) is 24.1 Å². The van der Waals surface area contributed by atoms with Gasteiger partial charge in [-0.1, -0.05) is 35.5 Å². The summed E-state index contributed by atoms with van der Waals surface area (Å²) in [5.41, 5.74) is 5.52. The van der Waals surface area contributed by atoms with E-state index < -0.39 is 0 Å². The molecule has 0 amide bonds. The van der Waals surface area contributed by atoms with E-state index >= 15 is 0 Å². The van der Waals surface area contributed by atoms with E-state index in [9.17, 15) is 4.79 Å². The topological polar surface area (TPSA) is 70.0 Å². The highest BCUT2D eigenvalue weighted by molar-refractivity contribution is 6.16. The monoisotopic (exact) mass is 382 g/mol. The summed E-state index contributed by atoms with van der Waals surface area (Å²) in [6.45, 7) is 7.79. The van der Waals surface area contributed by atoms with Crippen LogP contribution in [0, 0.1) is 13.8 Å². The summed E-state index contributed by atoms with van der Waals surface area (Å²) in [5, 5.41) is 3.97. The summed E-state index contributed by atoms with van der Waals surface area (Å²) in [6, 6.07) is 9.57. The number of allylic oxidation sites excluding steroid dienone is 1. The maximum absolute atomic E-state index is 12.1. The standard InChI is InChI=1S/C22H26N2O4/c1-7-18(22(25)26-5)19-11-9-8-10-17(19)13-28-21-14(2)12-20(15(3)23-21)16(4)24-27-6/h7-12H,13H2,1-6H3/b18-7-,24-16-. The van der Waals surface area contributed by atoms with Gasteiger partial charge in [-0.3, -0.25) is 0 Å². The molecule has 0 N–H and O–H groups in total. The van der Waals surface area contributed by atoms with Gasteiger partial charge in [-0.05, 0) is 44.9 Å². The highest BCUT2D eigenvalue weighted by Crippen LogP contribution is 2.24. The van der Waals surface area contributed by atoms with Crippen LogP contribution >= 0.6 is 0 Å². The van der Waals surface area contributed by atoms with E-state index in [1.54, 1.807) is 6.08 Å². The van der Waals surface area contributed by atoms with Crippen molar-refractivity contribution in [2.24, 2.45) is 5.16 Å². The fourth-order valence-corrected chi connectivity index (χ4v) is 2.93. The zero-order chi connectivity index (χ0) is 20.7. The van der Waals surface area contributed by atoms with E-state index in [-0.39, 0.29) is 12.6 Å². The number of carbonyl (C=O) groups is 1. The third-order valence-electron chi connectivity index (χ3n) is 4.34. The number of esters is 1. The number of rotatable bonds is 7. The quantitative estimate of drug-likeness (QED) is 0.310. The van der Waals surface area contributed by atoms with E-state index in [1.807, 2.05) is 58.0 Å². The Morgan fingerprint density at radius 3 is 2.54 bits per heavy atom. The van der Waals surface area contributed by atoms with Gasteiger partial charge in [0, 0.05) is 11.1 Å². The number of methoxy groups -OCH3 is 1. The molecule has 148 valence electrons. The molecule has 2 rings (SSSR count). The minimum atomic E-state index is -0.377. The predicted octanol–water partition coefficient (Wildman–Crippen LogP) is 4.22. The van der Waals surface area contributed by atoms with Crippen molar-refractivity contribution in [2.75, 3.05) is 14.2 Å². The fraction of sp³-hybridized carbons (Fsp3) is 0.318. The summed E-state index contributed by atoms with van der Waals surface area (Å²) in [4.78, 5) is 21.5. The lowest BCUT2D eigenvalue weighted by Gasteiger charge is -2.15. The third kappa shape index (κ3) is 4.76. The van der Waals surface area contributed by atoms with Crippen LogP contribution in [0.2, 0.25) is 0 Å². The van der Waals surface area contributed by atoms with Crippen LogP contribution in [0.25, 0.3) is 5.57 Å². The van der Waals surface area contributed by atoms with E-state index in [2.05, 4.69) is 10.1 Å². The van der Waals surface area contributed by atoms with Gasteiger partial charge in [0.25, 0.3) is 0 Å². The zero-order valence-electron chi connectivity index (χ0n) is 17.2. The summed E-state index contributed by atoms with van der Waals surface area (Å²) in [5.74, 6) is 0.165. The Hall–Kier alpha value is -3.15. The van der Waals surface area contributed by atoms with Gasteiger partial charge >= 0.3 is 5.97 Å². The molecule has 6 nitrogen and oxygen atoms in total. The van der Waals surface area contributed by atoms with Gasteiger partial charge in [0.15, 0.2) is 0 Å². The van der Waals surface area contributed by atoms with Gasteiger partial charge in [-0.15, -0.1) is 0 Å². The molecule has 0 atom stereocenters. The minimum Gasteiger partial charge on any atom is -0.473 e. The average Bonchev–Trinajstić information content (AvgIpc) is 2.69. The van der Waals surface area contributed by atoms with Crippen molar-refractivity contribution in [3.63, 3.8) is 0 Å². The molecule has 1 heterocycles. The van der Waals surface area contributed by atoms with Crippen LogP contribution in [-0.4, -0.2) is 30.9 Å². The second kappa shape index (κ2) is 9.69. The molecule has 0 saturated carbocycles. The van der Waals surface area contributed by atoms with Crippen LogP contribution in [0.3, 0.4) is 0 Å². The summed E-state index contributed by atoms with van der Waals surface area (Å²) in [6.07, 6.45) is 1.74. The highest BCUT2D eigenvalue weighted by atomic mass is 16.6. The van der Waals surface area contributed by atoms with Gasteiger partial charge in [-0.2, -0.15) is 0 Å². The van der Waals surface area contributed by atoms with Crippen molar-refractivity contribution in [3.05, 3.63) is 64.4 Å². The number of aryl methyl sites for hydroxylation is 2. The first kappa shape index (κ1) is 21.2. The normalized spacial score (nSPS) is 11.9. The first-order chi connectivity index (χ1) is 13.4. The first-order valence-corrected chi connectivity index (χ1v) is 8.95. The van der Waals surface area contributed by atoms with Crippen LogP contribution in [0.15, 0.2) is 41.6 Å². The number of nitrogens with zero attached hydrogens (tertiary/aromatic N) is 2. The molecule has 0 aliphatic rings. The molecule has 0 radical (unpaired) electrons. The molecule has 0 saturated heterocycles. The third-order valence-corrected chi connectivity index (χ3v) is 4.34. The Kier molecular flexibility index (Phi) is 7.32. The van der Waals surface area contributed by atoms with E-state index in [4.69, 9.17) is 14.3 Å². The predicted molar refractivity (Wildman–Crippen MR) is 109 cm³/mol. The summed E-state index contributed by atoms with van der Waals surface area (Å²) in [7, 11) is 2.89. The Labute approximate surface area is 165 Å². The van der Waals surface area contributed by atoms with E-state index in [1.165, 1.54) is 14.2 Å². The smallest absolute Gasteiger partial charge is 0.338 e. The van der Waals surface area contributed by atoms with E-state index in [0.717, 1.165) is 33.7 Å². The molecule has 0 fully saturated rings. The Morgan fingerprint density at radius 2 is 1.89 bits per heavy atom. The van der Waals surface area contributed by atoms with Crippen molar-refractivity contribution < 1.29 is 19.1 Å². The maximum atomic E-state index is 12.1. The van der Waals surface area contributed by atoms with Crippen LogP contribution in [0.4, 0.5) is 0 Å². The SMILES string of the molecule is C/C=C(\C(=O)OC)c1ccccc1COc1nc(C)c(/C(C)=N\OC)cc1C. The first-order valence-electron chi connectivity index (χ1n) is 8.95. The zero-order valence-corrected chi connectivity index (χ0v) is 17.2. The number of hydrogen-bond donors (Lipinski definition) is 0. The van der Waals surface area contributed by atoms with Crippen LogP contribution in [0.1, 0.15) is 41.8 Å². The van der Waals surface area contributed by atoms with Gasteiger partial charge in [0.2, 0.25) is 5.88 Å². The van der Waals surface area contributed by atoms with Crippen LogP contribution < -0.4 is 4.74 Å². The van der Waals surface area contributed by atoms with Gasteiger partial charge < -0.3 is 14.3 Å². The molecular formula is C22H26N2O4. The molecule has 0 aliphatic heterocycles. The number of pyridine rings is 1. The van der Waals surface area contributed by atoms with E-state index in [0.29, 0.717) is 11.5 Å². The number of hydrogen-bond acceptors (Lipinski definition) is 6. The molecule has 2 aromatic rings. The molecule has 0 aliphatic carbocycles. The summed E-state index contributed by atoms with van der Waals surface area (Å²) >= 11 is 0. The highest BCUT2D eigenvalue weighted by Gasteiger charge is 2.16. The largest absolute Gasteiger partial charge is 0.473 e. The van der Waals surface area contributed by atoms with Crippen molar-refractivity contribution in [2.45, 2.75) is 34.3 Å². The lowest BCUT2D eigenvalue weighted by Crippen LogP contribution is -2.09. The van der Waals surface area contributed by atoms with Crippen molar-refractivity contribution >= 4 is 17.3 Å². The maximum Gasteiger partial charge on any atom is 0.338 e. The number of oxime groups is 1. The molecule has 6 heteroatoms. The fourth-order valence-electron chi connectivity index (χ4n) is 2.93. The van der Waals surface area contributed by atoms with Crippen molar-refractivity contribution in [1.29, 1.82) is 0 Å². The Morgan fingerprint density at radius 1 is 1.18 bits per heavy atom. The van der Waals surface area contributed by atoms with Crippen molar-refractivity contribution in [3.8, 4) is 5.88 Å². The Bertz CT molecular complexity index is 917. The van der Waals surface area contributed by atoms with Crippen LogP contribution in [0.5, 0.6) is 5.88 Å². The van der Waals surface area contributed by atoms with Crippen LogP contribution in [-0.2, 0) is 21.0 Å². The second-order valence-electron chi connectivity index (χ2n) is 6.24.